The molecule has 1 atom stereocenters. The maximum atomic E-state index is 13.7. The van der Waals surface area contributed by atoms with Crippen molar-refractivity contribution >= 4 is 17.7 Å². The number of ether oxygens (including phenoxy) is 1. The second-order valence-corrected chi connectivity index (χ2v) is 20.6. The van der Waals surface area contributed by atoms with Crippen molar-refractivity contribution in [1.29, 1.82) is 0 Å². The third kappa shape index (κ3) is 40.9. The Kier molecular flexibility index (Phi) is 46.2. The van der Waals surface area contributed by atoms with Crippen LogP contribution in [0.5, 0.6) is 5.75 Å². The fourth-order valence-corrected chi connectivity index (χ4v) is 9.61. The maximum Gasteiger partial charge on any atom is 0.311 e. The van der Waals surface area contributed by atoms with Crippen molar-refractivity contribution in [3.8, 4) is 5.75 Å². The Labute approximate surface area is 411 Å². The van der Waals surface area contributed by atoms with E-state index in [9.17, 15) is 14.4 Å². The van der Waals surface area contributed by atoms with Gasteiger partial charge in [-0.05, 0) is 37.0 Å². The standard InChI is InChI=1S/C61H111NO4/c1-4-7-10-13-16-19-22-25-28-31-34-37-40-43-46-49-58(63)61(62-59(64)50-47-44-41-38-35-32-29-26-23-20-17-14-11-8-5-2)56-52-54-57(55-53-56)66-60(65)51-48-45-42-39-36-33-30-27-24-21-18-15-12-9-6-3/h52-55,61H,4-51H2,1-3H3,(H,62,64). The fraction of sp³-hybridized carbons (Fsp3) is 0.852. The van der Waals surface area contributed by atoms with Crippen LogP contribution in [0.25, 0.3) is 0 Å². The molecule has 1 N–H and O–H groups in total. The molecule has 5 heteroatoms. The van der Waals surface area contributed by atoms with Crippen molar-refractivity contribution in [3.63, 3.8) is 0 Å². The average molecular weight is 923 g/mol. The van der Waals surface area contributed by atoms with Crippen LogP contribution in [-0.2, 0) is 14.4 Å². The van der Waals surface area contributed by atoms with Gasteiger partial charge in [-0.2, -0.15) is 0 Å². The van der Waals surface area contributed by atoms with Gasteiger partial charge in [0.1, 0.15) is 11.8 Å². The summed E-state index contributed by atoms with van der Waals surface area (Å²) in [7, 11) is 0. The highest BCUT2D eigenvalue weighted by atomic mass is 16.5. The minimum atomic E-state index is -0.662. The summed E-state index contributed by atoms with van der Waals surface area (Å²) in [6.45, 7) is 6.84. The summed E-state index contributed by atoms with van der Waals surface area (Å²) in [4.78, 5) is 39.6. The van der Waals surface area contributed by atoms with Gasteiger partial charge in [0.05, 0.1) is 0 Å². The number of esters is 1. The molecule has 0 aliphatic carbocycles. The zero-order valence-electron chi connectivity index (χ0n) is 44.5. The van der Waals surface area contributed by atoms with E-state index in [1.807, 2.05) is 12.1 Å². The van der Waals surface area contributed by atoms with Crippen LogP contribution in [-0.4, -0.2) is 17.7 Å². The number of hydrogen-bond donors (Lipinski definition) is 1. The van der Waals surface area contributed by atoms with Crippen molar-refractivity contribution in [3.05, 3.63) is 29.8 Å². The Morgan fingerprint density at radius 1 is 0.348 bits per heavy atom. The molecular formula is C61H111NO4. The fourth-order valence-electron chi connectivity index (χ4n) is 9.61. The van der Waals surface area contributed by atoms with Gasteiger partial charge >= 0.3 is 5.97 Å². The van der Waals surface area contributed by atoms with Gasteiger partial charge in [-0.15, -0.1) is 0 Å². The predicted octanol–water partition coefficient (Wildman–Crippen LogP) is 20.1. The first kappa shape index (κ1) is 61.8. The van der Waals surface area contributed by atoms with Gasteiger partial charge < -0.3 is 10.1 Å². The summed E-state index contributed by atoms with van der Waals surface area (Å²) in [6, 6.07) is 6.63. The summed E-state index contributed by atoms with van der Waals surface area (Å²) in [5.74, 6) is 0.337. The third-order valence-electron chi connectivity index (χ3n) is 14.1. The Morgan fingerprint density at radius 2 is 0.606 bits per heavy atom. The molecule has 0 bridgehead atoms. The molecular weight excluding hydrogens is 811 g/mol. The second kappa shape index (κ2) is 49.3. The lowest BCUT2D eigenvalue weighted by atomic mass is 9.97. The van der Waals surface area contributed by atoms with Crippen molar-refractivity contribution in [2.24, 2.45) is 0 Å². The highest BCUT2D eigenvalue weighted by Crippen LogP contribution is 2.23. The van der Waals surface area contributed by atoms with Crippen molar-refractivity contribution in [1.82, 2.24) is 5.32 Å². The van der Waals surface area contributed by atoms with Gasteiger partial charge in [-0.25, -0.2) is 0 Å². The Balaban J connectivity index is 2.42. The van der Waals surface area contributed by atoms with Crippen molar-refractivity contribution in [2.45, 2.75) is 335 Å². The van der Waals surface area contributed by atoms with E-state index in [0.29, 0.717) is 25.0 Å². The molecule has 0 spiro atoms. The van der Waals surface area contributed by atoms with E-state index in [1.54, 1.807) is 12.1 Å². The first-order valence-electron chi connectivity index (χ1n) is 29.6. The van der Waals surface area contributed by atoms with Crippen LogP contribution >= 0.6 is 0 Å². The largest absolute Gasteiger partial charge is 0.427 e. The zero-order valence-corrected chi connectivity index (χ0v) is 44.5. The number of carbonyl (C=O) groups excluding carboxylic acids is 3. The van der Waals surface area contributed by atoms with Crippen LogP contribution in [0, 0.1) is 0 Å². The van der Waals surface area contributed by atoms with E-state index >= 15 is 0 Å². The van der Waals surface area contributed by atoms with Crippen molar-refractivity contribution < 1.29 is 19.1 Å². The van der Waals surface area contributed by atoms with E-state index in [4.69, 9.17) is 4.74 Å². The molecule has 5 nitrogen and oxygen atoms in total. The van der Waals surface area contributed by atoms with Crippen LogP contribution in [0.1, 0.15) is 341 Å². The number of rotatable bonds is 52. The number of benzene rings is 1. The SMILES string of the molecule is CCCCCCCCCCCCCCCCCC(=O)NC(C(=O)CCCCCCCCCCCCCCCCC)c1ccc(OC(=O)CCCCCCCCCCCCCCCCC)cc1. The topological polar surface area (TPSA) is 72.5 Å². The molecule has 0 fully saturated rings. The number of hydrogen-bond acceptors (Lipinski definition) is 4. The molecule has 1 unspecified atom stereocenters. The predicted molar refractivity (Wildman–Crippen MR) is 287 cm³/mol. The van der Waals surface area contributed by atoms with E-state index in [1.165, 1.54) is 250 Å². The molecule has 0 aromatic heterocycles. The van der Waals surface area contributed by atoms with Gasteiger partial charge in [0, 0.05) is 19.3 Å². The first-order valence-corrected chi connectivity index (χ1v) is 29.6. The molecule has 0 radical (unpaired) electrons. The molecule has 1 aromatic carbocycles. The van der Waals surface area contributed by atoms with Crippen LogP contribution < -0.4 is 10.1 Å². The quantitative estimate of drug-likeness (QED) is 0.0401. The van der Waals surface area contributed by atoms with Gasteiger partial charge in [0.15, 0.2) is 5.78 Å². The summed E-state index contributed by atoms with van der Waals surface area (Å²) in [5.41, 5.74) is 0.771. The number of unbranched alkanes of at least 4 members (excludes halogenated alkanes) is 42. The zero-order chi connectivity index (χ0) is 47.6. The molecule has 0 saturated heterocycles. The Bertz CT molecular complexity index is 1200. The lowest BCUT2D eigenvalue weighted by Crippen LogP contribution is -2.33. The number of Topliss-reactive ketones (excluding diaryl/α,β-unsaturated/α-hetero) is 1. The Morgan fingerprint density at radius 3 is 0.909 bits per heavy atom. The average Bonchev–Trinajstić information content (AvgIpc) is 3.32. The van der Waals surface area contributed by atoms with E-state index in [2.05, 4.69) is 26.1 Å². The van der Waals surface area contributed by atoms with E-state index in [-0.39, 0.29) is 17.7 Å². The second-order valence-electron chi connectivity index (χ2n) is 20.6. The van der Waals surface area contributed by atoms with Gasteiger partial charge in [-0.1, -0.05) is 303 Å². The first-order chi connectivity index (χ1) is 32.5. The lowest BCUT2D eigenvalue weighted by molar-refractivity contribution is -0.134. The minimum absolute atomic E-state index is 0.0430. The number of amides is 1. The molecule has 1 amide bonds. The highest BCUT2D eigenvalue weighted by Gasteiger charge is 2.22. The van der Waals surface area contributed by atoms with Crippen molar-refractivity contribution in [2.75, 3.05) is 0 Å². The van der Waals surface area contributed by atoms with Crippen LogP contribution in [0.2, 0.25) is 0 Å². The van der Waals surface area contributed by atoms with Gasteiger partial charge in [-0.3, -0.25) is 14.4 Å². The summed E-state index contributed by atoms with van der Waals surface area (Å²) < 4.78 is 5.70. The highest BCUT2D eigenvalue weighted by molar-refractivity contribution is 5.90. The molecule has 0 heterocycles. The van der Waals surface area contributed by atoms with E-state index in [0.717, 1.165) is 44.1 Å². The molecule has 0 aliphatic rings. The summed E-state index contributed by atoms with van der Waals surface area (Å²) in [6.07, 6.45) is 59.6. The molecule has 1 rings (SSSR count). The smallest absolute Gasteiger partial charge is 0.311 e. The molecule has 1 aromatic rings. The van der Waals surface area contributed by atoms with Crippen LogP contribution in [0.4, 0.5) is 0 Å². The molecule has 384 valence electrons. The third-order valence-corrected chi connectivity index (χ3v) is 14.1. The molecule has 66 heavy (non-hydrogen) atoms. The van der Waals surface area contributed by atoms with Crippen LogP contribution in [0.15, 0.2) is 24.3 Å². The number of carbonyl (C=O) groups is 3. The number of ketones is 1. The minimum Gasteiger partial charge on any atom is -0.427 e. The van der Waals surface area contributed by atoms with Crippen LogP contribution in [0.3, 0.4) is 0 Å². The molecule has 0 aliphatic heterocycles. The number of nitrogens with one attached hydrogen (secondary N) is 1. The van der Waals surface area contributed by atoms with Gasteiger partial charge in [0.2, 0.25) is 5.91 Å². The monoisotopic (exact) mass is 922 g/mol. The van der Waals surface area contributed by atoms with E-state index < -0.39 is 6.04 Å². The normalized spacial score (nSPS) is 11.9. The summed E-state index contributed by atoms with van der Waals surface area (Å²) in [5, 5.41) is 3.12. The molecule has 0 saturated carbocycles. The van der Waals surface area contributed by atoms with Gasteiger partial charge in [0.25, 0.3) is 0 Å². The Hall–Kier alpha value is -2.17. The summed E-state index contributed by atoms with van der Waals surface area (Å²) >= 11 is 0. The maximum absolute atomic E-state index is 13.7. The lowest BCUT2D eigenvalue weighted by Gasteiger charge is -2.19.